The second kappa shape index (κ2) is 7.90. The molecule has 0 atom stereocenters. The standard InChI is InChI=1S/C17H18ClN3O3/c1-12-15(7-4-8-16(12)21(23)24)19-17(22)11-20(2)10-13-5-3-6-14(18)9-13/h3-9H,10-11H2,1-2H3,(H,19,22). The average Bonchev–Trinajstić information content (AvgIpc) is 2.48. The molecule has 1 N–H and O–H groups in total. The first kappa shape index (κ1) is 17.9. The van der Waals surface area contributed by atoms with Crippen LogP contribution in [-0.2, 0) is 11.3 Å². The van der Waals surface area contributed by atoms with E-state index in [2.05, 4.69) is 5.32 Å². The molecule has 0 fully saturated rings. The van der Waals surface area contributed by atoms with E-state index >= 15 is 0 Å². The first-order valence-electron chi connectivity index (χ1n) is 7.33. The van der Waals surface area contributed by atoms with Crippen LogP contribution in [0.4, 0.5) is 11.4 Å². The summed E-state index contributed by atoms with van der Waals surface area (Å²) >= 11 is 5.95. The molecule has 1 amide bonds. The Morgan fingerprint density at radius 3 is 2.67 bits per heavy atom. The van der Waals surface area contributed by atoms with Gasteiger partial charge in [-0.05, 0) is 37.7 Å². The summed E-state index contributed by atoms with van der Waals surface area (Å²) in [6, 6.07) is 12.1. The Kier molecular flexibility index (Phi) is 5.89. The number of carbonyl (C=O) groups excluding carboxylic acids is 1. The average molecular weight is 348 g/mol. The van der Waals surface area contributed by atoms with Crippen LogP contribution in [0.3, 0.4) is 0 Å². The van der Waals surface area contributed by atoms with Crippen molar-refractivity contribution in [2.75, 3.05) is 18.9 Å². The monoisotopic (exact) mass is 347 g/mol. The van der Waals surface area contributed by atoms with Gasteiger partial charge in [-0.2, -0.15) is 0 Å². The van der Waals surface area contributed by atoms with Gasteiger partial charge in [0, 0.05) is 17.6 Å². The van der Waals surface area contributed by atoms with Gasteiger partial charge in [0.05, 0.1) is 22.7 Å². The predicted molar refractivity (Wildman–Crippen MR) is 94.2 cm³/mol. The normalized spacial score (nSPS) is 10.7. The van der Waals surface area contributed by atoms with Crippen molar-refractivity contribution in [2.45, 2.75) is 13.5 Å². The van der Waals surface area contributed by atoms with Crippen molar-refractivity contribution in [3.8, 4) is 0 Å². The fourth-order valence-electron chi connectivity index (χ4n) is 2.39. The van der Waals surface area contributed by atoms with Crippen molar-refractivity contribution >= 4 is 28.9 Å². The van der Waals surface area contributed by atoms with Crippen molar-refractivity contribution in [1.29, 1.82) is 0 Å². The van der Waals surface area contributed by atoms with Gasteiger partial charge in [0.2, 0.25) is 5.91 Å². The Morgan fingerprint density at radius 2 is 2.00 bits per heavy atom. The summed E-state index contributed by atoms with van der Waals surface area (Å²) in [6.07, 6.45) is 0. The van der Waals surface area contributed by atoms with E-state index in [1.165, 1.54) is 6.07 Å². The summed E-state index contributed by atoms with van der Waals surface area (Å²) in [5.74, 6) is -0.233. The van der Waals surface area contributed by atoms with Crippen LogP contribution < -0.4 is 5.32 Å². The van der Waals surface area contributed by atoms with Gasteiger partial charge in [-0.25, -0.2) is 0 Å². The van der Waals surface area contributed by atoms with Gasteiger partial charge in [0.25, 0.3) is 5.69 Å². The lowest BCUT2D eigenvalue weighted by Crippen LogP contribution is -2.30. The van der Waals surface area contributed by atoms with Crippen LogP contribution in [0.25, 0.3) is 0 Å². The second-order valence-corrected chi connectivity index (χ2v) is 5.99. The molecule has 126 valence electrons. The minimum atomic E-state index is -0.462. The van der Waals surface area contributed by atoms with E-state index in [0.717, 1.165) is 5.56 Å². The molecule has 24 heavy (non-hydrogen) atoms. The molecular weight excluding hydrogens is 330 g/mol. The lowest BCUT2D eigenvalue weighted by molar-refractivity contribution is -0.385. The number of nitrogens with zero attached hydrogens (tertiary/aromatic N) is 2. The van der Waals surface area contributed by atoms with Crippen molar-refractivity contribution in [1.82, 2.24) is 4.90 Å². The third-order valence-electron chi connectivity index (χ3n) is 3.53. The Bertz CT molecular complexity index is 764. The molecule has 7 heteroatoms. The third kappa shape index (κ3) is 4.78. The maximum atomic E-state index is 12.2. The van der Waals surface area contributed by atoms with Gasteiger partial charge in [0.15, 0.2) is 0 Å². The number of nitrogens with one attached hydrogen (secondary N) is 1. The van der Waals surface area contributed by atoms with E-state index in [1.54, 1.807) is 25.1 Å². The van der Waals surface area contributed by atoms with E-state index in [4.69, 9.17) is 11.6 Å². The van der Waals surface area contributed by atoms with Gasteiger partial charge >= 0.3 is 0 Å². The van der Waals surface area contributed by atoms with Crippen LogP contribution >= 0.6 is 11.6 Å². The minimum Gasteiger partial charge on any atom is -0.324 e. The van der Waals surface area contributed by atoms with Crippen LogP contribution in [0.5, 0.6) is 0 Å². The van der Waals surface area contributed by atoms with Crippen LogP contribution in [-0.4, -0.2) is 29.3 Å². The largest absolute Gasteiger partial charge is 0.324 e. The fourth-order valence-corrected chi connectivity index (χ4v) is 2.61. The number of halogens is 1. The SMILES string of the molecule is Cc1c(NC(=O)CN(C)Cc2cccc(Cl)c2)cccc1[N+](=O)[O-]. The van der Waals surface area contributed by atoms with Crippen LogP contribution in [0.15, 0.2) is 42.5 Å². The van der Waals surface area contributed by atoms with E-state index in [-0.39, 0.29) is 18.1 Å². The highest BCUT2D eigenvalue weighted by Crippen LogP contribution is 2.25. The summed E-state index contributed by atoms with van der Waals surface area (Å²) in [5.41, 5.74) is 1.88. The smallest absolute Gasteiger partial charge is 0.274 e. The molecule has 0 radical (unpaired) electrons. The molecule has 0 aliphatic carbocycles. The van der Waals surface area contributed by atoms with Crippen LogP contribution in [0.1, 0.15) is 11.1 Å². The molecular formula is C17H18ClN3O3. The zero-order chi connectivity index (χ0) is 17.7. The van der Waals surface area contributed by atoms with E-state index < -0.39 is 4.92 Å². The van der Waals surface area contributed by atoms with Crippen molar-refractivity contribution in [2.24, 2.45) is 0 Å². The molecule has 0 saturated heterocycles. The number of carbonyl (C=O) groups is 1. The van der Waals surface area contributed by atoms with Gasteiger partial charge in [-0.3, -0.25) is 19.8 Å². The first-order chi connectivity index (χ1) is 11.4. The van der Waals surface area contributed by atoms with Crippen molar-refractivity contribution < 1.29 is 9.72 Å². The summed E-state index contributed by atoms with van der Waals surface area (Å²) in [7, 11) is 1.82. The lowest BCUT2D eigenvalue weighted by atomic mass is 10.1. The molecule has 0 aromatic heterocycles. The number of hydrogen-bond acceptors (Lipinski definition) is 4. The summed E-state index contributed by atoms with van der Waals surface area (Å²) in [4.78, 5) is 24.5. The quantitative estimate of drug-likeness (QED) is 0.639. The minimum absolute atomic E-state index is 0.0138. The number of nitro benzene ring substituents is 1. The summed E-state index contributed by atoms with van der Waals surface area (Å²) < 4.78 is 0. The first-order valence-corrected chi connectivity index (χ1v) is 7.71. The molecule has 0 bridgehead atoms. The molecule has 0 aliphatic heterocycles. The number of likely N-dealkylation sites (N-methyl/N-ethyl adjacent to an activating group) is 1. The number of hydrogen-bond donors (Lipinski definition) is 1. The number of benzene rings is 2. The Labute approximate surface area is 145 Å². The Morgan fingerprint density at radius 1 is 1.29 bits per heavy atom. The maximum absolute atomic E-state index is 12.2. The van der Waals surface area contributed by atoms with Gasteiger partial charge in [-0.15, -0.1) is 0 Å². The molecule has 6 nitrogen and oxygen atoms in total. The van der Waals surface area contributed by atoms with Gasteiger partial charge < -0.3 is 5.32 Å². The van der Waals surface area contributed by atoms with Gasteiger partial charge in [-0.1, -0.05) is 29.8 Å². The van der Waals surface area contributed by atoms with Crippen molar-refractivity contribution in [3.05, 3.63) is 68.7 Å². The highest BCUT2D eigenvalue weighted by Gasteiger charge is 2.15. The molecule has 2 rings (SSSR count). The van der Waals surface area contributed by atoms with E-state index in [9.17, 15) is 14.9 Å². The molecule has 2 aromatic carbocycles. The maximum Gasteiger partial charge on any atom is 0.274 e. The predicted octanol–water partition coefficient (Wildman–Crippen LogP) is 3.63. The topological polar surface area (TPSA) is 75.5 Å². The van der Waals surface area contributed by atoms with Gasteiger partial charge in [0.1, 0.15) is 0 Å². The molecule has 0 heterocycles. The zero-order valence-corrected chi connectivity index (χ0v) is 14.2. The molecule has 2 aromatic rings. The highest BCUT2D eigenvalue weighted by atomic mass is 35.5. The fraction of sp³-hybridized carbons (Fsp3) is 0.235. The lowest BCUT2D eigenvalue weighted by Gasteiger charge is -2.17. The molecule has 0 aliphatic rings. The van der Waals surface area contributed by atoms with Crippen LogP contribution in [0, 0.1) is 17.0 Å². The molecule has 0 unspecified atom stereocenters. The van der Waals surface area contributed by atoms with Crippen LogP contribution in [0.2, 0.25) is 5.02 Å². The Balaban J connectivity index is 1.98. The molecule has 0 saturated carbocycles. The number of rotatable bonds is 6. The summed E-state index contributed by atoms with van der Waals surface area (Å²) in [6.45, 7) is 2.35. The second-order valence-electron chi connectivity index (χ2n) is 5.56. The number of nitro groups is 1. The summed E-state index contributed by atoms with van der Waals surface area (Å²) in [5, 5.41) is 14.3. The third-order valence-corrected chi connectivity index (χ3v) is 3.77. The number of amides is 1. The number of anilines is 1. The molecule has 0 spiro atoms. The van der Waals surface area contributed by atoms with Crippen molar-refractivity contribution in [3.63, 3.8) is 0 Å². The van der Waals surface area contributed by atoms with E-state index in [0.29, 0.717) is 22.8 Å². The Hall–Kier alpha value is -2.44. The highest BCUT2D eigenvalue weighted by molar-refractivity contribution is 6.30. The zero-order valence-electron chi connectivity index (χ0n) is 13.5. The van der Waals surface area contributed by atoms with E-state index in [1.807, 2.05) is 30.1 Å².